The molecule has 1 aliphatic carbocycles. The summed E-state index contributed by atoms with van der Waals surface area (Å²) in [5.41, 5.74) is 4.65. The Morgan fingerprint density at radius 2 is 2.14 bits per heavy atom. The van der Waals surface area contributed by atoms with Crippen LogP contribution in [-0.4, -0.2) is 5.25 Å². The maximum absolute atomic E-state index is 4.11. The lowest BCUT2D eigenvalue weighted by Crippen LogP contribution is -2.00. The van der Waals surface area contributed by atoms with Crippen LogP contribution in [0.3, 0.4) is 0 Å². The zero-order valence-electron chi connectivity index (χ0n) is 9.31. The third kappa shape index (κ3) is 2.54. The molecule has 0 nitrogen and oxygen atoms in total. The van der Waals surface area contributed by atoms with E-state index < -0.39 is 0 Å². The van der Waals surface area contributed by atoms with Gasteiger partial charge in [0.15, 0.2) is 0 Å². The Hall–Kier alpha value is -0.430. The molecule has 0 aromatic rings. The first kappa shape index (κ1) is 11.6. The van der Waals surface area contributed by atoms with Gasteiger partial charge in [0.05, 0.1) is 0 Å². The molecular formula is C13H20S. The van der Waals surface area contributed by atoms with E-state index in [0.717, 1.165) is 12.8 Å². The van der Waals surface area contributed by atoms with E-state index in [-0.39, 0.29) is 0 Å². The number of hydrogen-bond acceptors (Lipinski definition) is 1. The van der Waals surface area contributed by atoms with Crippen LogP contribution in [0, 0.1) is 0 Å². The van der Waals surface area contributed by atoms with Crippen LogP contribution in [0.25, 0.3) is 0 Å². The van der Waals surface area contributed by atoms with E-state index in [0.29, 0.717) is 5.25 Å². The summed E-state index contributed by atoms with van der Waals surface area (Å²) >= 11 is 1.85. The lowest BCUT2D eigenvalue weighted by molar-refractivity contribution is 0.917. The van der Waals surface area contributed by atoms with Gasteiger partial charge in [-0.3, -0.25) is 0 Å². The molecule has 14 heavy (non-hydrogen) atoms. The van der Waals surface area contributed by atoms with Crippen molar-refractivity contribution in [2.24, 2.45) is 0 Å². The first-order chi connectivity index (χ1) is 6.72. The molecule has 1 unspecified atom stereocenters. The van der Waals surface area contributed by atoms with Crippen molar-refractivity contribution in [1.29, 1.82) is 0 Å². The number of allylic oxidation sites excluding steroid dienone is 2. The Bertz CT molecular complexity index is 254. The van der Waals surface area contributed by atoms with Crippen LogP contribution < -0.4 is 0 Å². The van der Waals surface area contributed by atoms with Gasteiger partial charge < -0.3 is 0 Å². The normalized spacial score (nSPS) is 21.4. The minimum absolute atomic E-state index is 0.634. The van der Waals surface area contributed by atoms with Crippen LogP contribution in [0.2, 0.25) is 0 Å². The first-order valence-electron chi connectivity index (χ1n) is 5.36. The van der Waals surface area contributed by atoms with Crippen molar-refractivity contribution in [3.05, 3.63) is 35.3 Å². The van der Waals surface area contributed by atoms with E-state index >= 15 is 0 Å². The summed E-state index contributed by atoms with van der Waals surface area (Å²) in [5.74, 6) is 0. The van der Waals surface area contributed by atoms with Gasteiger partial charge in [-0.25, -0.2) is 0 Å². The van der Waals surface area contributed by atoms with Gasteiger partial charge in [-0.1, -0.05) is 43.7 Å². The SMILES string of the molecule is C=CSC1CC(=C)CC1=C(CC)CC. The second-order valence-electron chi connectivity index (χ2n) is 3.76. The molecule has 0 radical (unpaired) electrons. The summed E-state index contributed by atoms with van der Waals surface area (Å²) in [4.78, 5) is 0. The first-order valence-corrected chi connectivity index (χ1v) is 6.30. The Labute approximate surface area is 92.2 Å². The van der Waals surface area contributed by atoms with Crippen LogP contribution in [0.5, 0.6) is 0 Å². The monoisotopic (exact) mass is 208 g/mol. The van der Waals surface area contributed by atoms with Gasteiger partial charge in [0.25, 0.3) is 0 Å². The van der Waals surface area contributed by atoms with Gasteiger partial charge in [0, 0.05) is 5.25 Å². The van der Waals surface area contributed by atoms with Crippen LogP contribution in [0.4, 0.5) is 0 Å². The Balaban J connectivity index is 2.88. The predicted octanol–water partition coefficient (Wildman–Crippen LogP) is 4.70. The lowest BCUT2D eigenvalue weighted by Gasteiger charge is -2.13. The molecule has 0 saturated heterocycles. The summed E-state index contributed by atoms with van der Waals surface area (Å²) in [5, 5.41) is 2.60. The number of thioether (sulfide) groups is 1. The zero-order valence-corrected chi connectivity index (χ0v) is 10.1. The smallest absolute Gasteiger partial charge is 0.0340 e. The van der Waals surface area contributed by atoms with Crippen molar-refractivity contribution in [3.8, 4) is 0 Å². The quantitative estimate of drug-likeness (QED) is 0.603. The van der Waals surface area contributed by atoms with E-state index in [1.165, 1.54) is 18.4 Å². The maximum atomic E-state index is 4.11. The molecule has 0 aromatic carbocycles. The lowest BCUT2D eigenvalue weighted by atomic mass is 10.0. The molecular weight excluding hydrogens is 188 g/mol. The fourth-order valence-electron chi connectivity index (χ4n) is 2.14. The highest BCUT2D eigenvalue weighted by Gasteiger charge is 2.24. The summed E-state index contributed by atoms with van der Waals surface area (Å²) < 4.78 is 0. The van der Waals surface area contributed by atoms with E-state index in [1.807, 2.05) is 17.2 Å². The standard InChI is InChI=1S/C13H20S/c1-5-11(6-2)12-8-10(4)9-13(12)14-7-3/h7,13H,3-6,8-9H2,1-2H3. The van der Waals surface area contributed by atoms with Gasteiger partial charge in [-0.15, -0.1) is 11.8 Å². The molecule has 1 heteroatoms. The molecule has 0 amide bonds. The zero-order chi connectivity index (χ0) is 10.6. The van der Waals surface area contributed by atoms with Gasteiger partial charge in [-0.05, 0) is 31.1 Å². The second-order valence-corrected chi connectivity index (χ2v) is 4.93. The molecule has 78 valence electrons. The maximum Gasteiger partial charge on any atom is 0.0340 e. The fourth-order valence-corrected chi connectivity index (χ4v) is 3.12. The number of hydrogen-bond donors (Lipinski definition) is 0. The van der Waals surface area contributed by atoms with E-state index in [2.05, 4.69) is 27.0 Å². The predicted molar refractivity (Wildman–Crippen MR) is 67.6 cm³/mol. The molecule has 1 atom stereocenters. The topological polar surface area (TPSA) is 0 Å². The number of rotatable bonds is 4. The molecule has 0 heterocycles. The molecule has 0 aromatic heterocycles. The van der Waals surface area contributed by atoms with Crippen molar-refractivity contribution in [2.45, 2.75) is 44.8 Å². The molecule has 1 saturated carbocycles. The largest absolute Gasteiger partial charge is 0.127 e. The summed E-state index contributed by atoms with van der Waals surface area (Å²) in [6.45, 7) is 12.4. The Morgan fingerprint density at radius 1 is 1.50 bits per heavy atom. The van der Waals surface area contributed by atoms with Crippen molar-refractivity contribution in [2.75, 3.05) is 0 Å². The summed E-state index contributed by atoms with van der Waals surface area (Å²) in [7, 11) is 0. The van der Waals surface area contributed by atoms with E-state index in [1.54, 1.807) is 11.1 Å². The van der Waals surface area contributed by atoms with Crippen molar-refractivity contribution >= 4 is 11.8 Å². The minimum Gasteiger partial charge on any atom is -0.127 e. The molecule has 0 aliphatic heterocycles. The second kappa shape index (κ2) is 5.45. The van der Waals surface area contributed by atoms with Gasteiger partial charge >= 0.3 is 0 Å². The third-order valence-corrected chi connectivity index (χ3v) is 3.84. The van der Waals surface area contributed by atoms with Crippen LogP contribution in [0.1, 0.15) is 39.5 Å². The van der Waals surface area contributed by atoms with Crippen LogP contribution in [-0.2, 0) is 0 Å². The van der Waals surface area contributed by atoms with Crippen molar-refractivity contribution < 1.29 is 0 Å². The van der Waals surface area contributed by atoms with E-state index in [4.69, 9.17) is 0 Å². The Kier molecular flexibility index (Phi) is 4.53. The Morgan fingerprint density at radius 3 is 2.64 bits per heavy atom. The highest BCUT2D eigenvalue weighted by atomic mass is 32.2. The summed E-state index contributed by atoms with van der Waals surface area (Å²) in [6, 6.07) is 0. The molecule has 0 N–H and O–H groups in total. The highest BCUT2D eigenvalue weighted by Crippen LogP contribution is 2.40. The highest BCUT2D eigenvalue weighted by molar-refractivity contribution is 8.02. The summed E-state index contributed by atoms with van der Waals surface area (Å²) in [6.07, 6.45) is 4.65. The molecule has 1 aliphatic rings. The fraction of sp³-hybridized carbons (Fsp3) is 0.538. The van der Waals surface area contributed by atoms with Gasteiger partial charge in [0.2, 0.25) is 0 Å². The molecule has 0 spiro atoms. The van der Waals surface area contributed by atoms with Crippen LogP contribution >= 0.6 is 11.8 Å². The molecule has 1 fully saturated rings. The average Bonchev–Trinajstić information content (AvgIpc) is 2.50. The molecule has 1 rings (SSSR count). The van der Waals surface area contributed by atoms with E-state index in [9.17, 15) is 0 Å². The van der Waals surface area contributed by atoms with Crippen LogP contribution in [0.15, 0.2) is 35.3 Å². The van der Waals surface area contributed by atoms with Gasteiger partial charge in [0.1, 0.15) is 0 Å². The minimum atomic E-state index is 0.634. The van der Waals surface area contributed by atoms with Crippen molar-refractivity contribution in [1.82, 2.24) is 0 Å². The van der Waals surface area contributed by atoms with Crippen molar-refractivity contribution in [3.63, 3.8) is 0 Å². The third-order valence-electron chi connectivity index (χ3n) is 2.87. The average molecular weight is 208 g/mol. The molecule has 0 bridgehead atoms. The van der Waals surface area contributed by atoms with Gasteiger partial charge in [-0.2, -0.15) is 0 Å².